The van der Waals surface area contributed by atoms with Crippen LogP contribution in [0.3, 0.4) is 0 Å². The molecule has 40 heavy (non-hydrogen) atoms. The lowest BCUT2D eigenvalue weighted by atomic mass is 9.77. The van der Waals surface area contributed by atoms with Crippen LogP contribution < -0.4 is 5.32 Å². The molecule has 0 amide bonds. The maximum atomic E-state index is 13.1. The van der Waals surface area contributed by atoms with Crippen molar-refractivity contribution in [3.05, 3.63) is 136 Å². The number of carbonyl (C=O) groups excluding carboxylic acids is 1. The number of Topliss-reactive ketones (excluding diaryl/α,β-unsaturated/α-hetero) is 1. The van der Waals surface area contributed by atoms with Crippen molar-refractivity contribution < 1.29 is 14.7 Å². The molecule has 1 aromatic heterocycles. The molecule has 0 fully saturated rings. The summed E-state index contributed by atoms with van der Waals surface area (Å²) in [7, 11) is 3.73. The van der Waals surface area contributed by atoms with Crippen LogP contribution in [0, 0.1) is 0 Å². The van der Waals surface area contributed by atoms with E-state index in [0.29, 0.717) is 43.5 Å². The van der Waals surface area contributed by atoms with Crippen LogP contribution in [0.5, 0.6) is 0 Å². The monoisotopic (exact) mass is 534 g/mol. The van der Waals surface area contributed by atoms with Crippen LogP contribution in [0.25, 0.3) is 0 Å². The Labute approximate surface area is 234 Å². The number of benzene rings is 3. The second-order valence-electron chi connectivity index (χ2n) is 10.3. The molecule has 5 rings (SSSR count). The van der Waals surface area contributed by atoms with Gasteiger partial charge in [0.25, 0.3) is 0 Å². The minimum Gasteiger partial charge on any atom is -0.477 e. The molecule has 1 heterocycles. The highest BCUT2D eigenvalue weighted by atomic mass is 16.4. The topological polar surface area (TPSA) is 87.5 Å². The molecule has 0 saturated heterocycles. The van der Waals surface area contributed by atoms with Crippen molar-refractivity contribution in [1.29, 1.82) is 0 Å². The molecule has 0 aliphatic heterocycles. The fourth-order valence-corrected chi connectivity index (χ4v) is 5.66. The van der Waals surface area contributed by atoms with Crippen molar-refractivity contribution in [3.8, 4) is 0 Å². The predicted molar refractivity (Wildman–Crippen MR) is 155 cm³/mol. The highest BCUT2D eigenvalue weighted by Crippen LogP contribution is 2.36. The second-order valence-corrected chi connectivity index (χ2v) is 10.3. The van der Waals surface area contributed by atoms with Crippen LogP contribution >= 0.6 is 0 Å². The Hall–Kier alpha value is -4.49. The molecule has 0 bridgehead atoms. The van der Waals surface area contributed by atoms with Crippen molar-refractivity contribution in [1.82, 2.24) is 20.0 Å². The normalized spacial score (nSPS) is 14.2. The second kappa shape index (κ2) is 11.7. The molecule has 0 unspecified atom stereocenters. The van der Waals surface area contributed by atoms with Crippen LogP contribution in [-0.4, -0.2) is 52.2 Å². The van der Waals surface area contributed by atoms with Gasteiger partial charge in [-0.3, -0.25) is 14.8 Å². The van der Waals surface area contributed by atoms with Gasteiger partial charge in [0.15, 0.2) is 0 Å². The lowest BCUT2D eigenvalue weighted by Gasteiger charge is -2.37. The SMILES string of the molecule is CN(C)/C=C1\CCc2c(nn(CCCNC(c3ccccc3)(c3ccccc3)c3ccccc3)c2C(=O)O)C1=O. The van der Waals surface area contributed by atoms with Gasteiger partial charge in [-0.05, 0) is 42.5 Å². The average Bonchev–Trinajstić information content (AvgIpc) is 3.35. The van der Waals surface area contributed by atoms with E-state index >= 15 is 0 Å². The minimum absolute atomic E-state index is 0.118. The van der Waals surface area contributed by atoms with Crippen LogP contribution in [-0.2, 0) is 18.5 Å². The Morgan fingerprint density at radius 2 is 1.45 bits per heavy atom. The molecule has 2 N–H and O–H groups in total. The largest absolute Gasteiger partial charge is 0.477 e. The van der Waals surface area contributed by atoms with E-state index in [-0.39, 0.29) is 17.2 Å². The van der Waals surface area contributed by atoms with Gasteiger partial charge < -0.3 is 10.0 Å². The summed E-state index contributed by atoms with van der Waals surface area (Å²) in [4.78, 5) is 27.2. The van der Waals surface area contributed by atoms with Crippen molar-refractivity contribution in [2.75, 3.05) is 20.6 Å². The van der Waals surface area contributed by atoms with Gasteiger partial charge in [0, 0.05) is 38.0 Å². The molecule has 3 aromatic carbocycles. The first kappa shape index (κ1) is 27.1. The maximum absolute atomic E-state index is 13.1. The summed E-state index contributed by atoms with van der Waals surface area (Å²) in [5.74, 6) is -1.24. The number of carboxylic acids is 1. The number of ketones is 1. The molecule has 0 atom stereocenters. The molecule has 1 aliphatic rings. The minimum atomic E-state index is -1.05. The van der Waals surface area contributed by atoms with E-state index in [2.05, 4.69) is 46.8 Å². The molecule has 0 spiro atoms. The first-order valence-corrected chi connectivity index (χ1v) is 13.6. The van der Waals surface area contributed by atoms with Crippen molar-refractivity contribution in [3.63, 3.8) is 0 Å². The first-order valence-electron chi connectivity index (χ1n) is 13.6. The van der Waals surface area contributed by atoms with E-state index in [1.807, 2.05) is 73.6 Å². The van der Waals surface area contributed by atoms with E-state index in [1.165, 1.54) is 4.68 Å². The van der Waals surface area contributed by atoms with Crippen molar-refractivity contribution in [2.45, 2.75) is 31.3 Å². The van der Waals surface area contributed by atoms with Gasteiger partial charge in [0.2, 0.25) is 5.78 Å². The Morgan fingerprint density at radius 1 is 0.925 bits per heavy atom. The van der Waals surface area contributed by atoms with Gasteiger partial charge in [-0.2, -0.15) is 5.10 Å². The molecular formula is C33H34N4O3. The Kier molecular flexibility index (Phi) is 7.94. The van der Waals surface area contributed by atoms with E-state index in [9.17, 15) is 14.7 Å². The lowest BCUT2D eigenvalue weighted by molar-refractivity contribution is 0.0681. The number of hydrogen-bond donors (Lipinski definition) is 2. The first-order chi connectivity index (χ1) is 19.4. The number of aromatic nitrogens is 2. The Morgan fingerprint density at radius 3 is 1.93 bits per heavy atom. The molecule has 1 aliphatic carbocycles. The molecular weight excluding hydrogens is 500 g/mol. The van der Waals surface area contributed by atoms with Gasteiger partial charge in [0.1, 0.15) is 11.4 Å². The molecule has 7 nitrogen and oxygen atoms in total. The summed E-state index contributed by atoms with van der Waals surface area (Å²) in [6, 6.07) is 31.0. The maximum Gasteiger partial charge on any atom is 0.354 e. The predicted octanol–water partition coefficient (Wildman–Crippen LogP) is 5.13. The Balaban J connectivity index is 1.44. The molecule has 4 aromatic rings. The van der Waals surface area contributed by atoms with Crippen molar-refractivity contribution in [2.24, 2.45) is 0 Å². The fourth-order valence-electron chi connectivity index (χ4n) is 5.66. The zero-order valence-electron chi connectivity index (χ0n) is 22.9. The number of rotatable bonds is 10. The highest BCUT2D eigenvalue weighted by Gasteiger charge is 2.36. The molecule has 7 heteroatoms. The van der Waals surface area contributed by atoms with Crippen molar-refractivity contribution >= 4 is 11.8 Å². The van der Waals surface area contributed by atoms with Crippen LogP contribution in [0.15, 0.2) is 103 Å². The number of aryl methyl sites for hydroxylation is 1. The van der Waals surface area contributed by atoms with Gasteiger partial charge in [0.05, 0.1) is 5.54 Å². The van der Waals surface area contributed by atoms with Gasteiger partial charge >= 0.3 is 5.97 Å². The average molecular weight is 535 g/mol. The van der Waals surface area contributed by atoms with Gasteiger partial charge in [-0.25, -0.2) is 4.79 Å². The third-order valence-electron chi connectivity index (χ3n) is 7.38. The number of carbonyl (C=O) groups is 2. The smallest absolute Gasteiger partial charge is 0.354 e. The molecule has 0 saturated carbocycles. The number of allylic oxidation sites excluding steroid dienone is 1. The number of hydrogen-bond acceptors (Lipinski definition) is 5. The van der Waals surface area contributed by atoms with Crippen LogP contribution in [0.1, 0.15) is 56.1 Å². The third-order valence-corrected chi connectivity index (χ3v) is 7.38. The van der Waals surface area contributed by atoms with E-state index < -0.39 is 11.5 Å². The van der Waals surface area contributed by atoms with Crippen LogP contribution in [0.4, 0.5) is 0 Å². The highest BCUT2D eigenvalue weighted by molar-refractivity contribution is 6.10. The summed E-state index contributed by atoms with van der Waals surface area (Å²) in [6.45, 7) is 0.956. The summed E-state index contributed by atoms with van der Waals surface area (Å²) in [5, 5.41) is 18.4. The van der Waals surface area contributed by atoms with E-state index in [0.717, 1.165) is 16.7 Å². The zero-order valence-corrected chi connectivity index (χ0v) is 22.9. The number of nitrogens with zero attached hydrogens (tertiary/aromatic N) is 3. The lowest BCUT2D eigenvalue weighted by Crippen LogP contribution is -2.45. The van der Waals surface area contributed by atoms with Crippen LogP contribution in [0.2, 0.25) is 0 Å². The number of fused-ring (bicyclic) bond motifs is 1. The van der Waals surface area contributed by atoms with E-state index in [4.69, 9.17) is 0 Å². The van der Waals surface area contributed by atoms with Gasteiger partial charge in [-0.1, -0.05) is 91.0 Å². The van der Waals surface area contributed by atoms with Gasteiger partial charge in [-0.15, -0.1) is 0 Å². The molecule has 204 valence electrons. The Bertz CT molecular complexity index is 1410. The standard InChI is InChI=1S/C33H34N4O3/c1-36(2)23-24-19-20-28-29(31(24)38)35-37(30(28)32(39)40)22-12-21-34-33(25-13-6-3-7-14-25,26-15-8-4-9-16-26)27-17-10-5-11-18-27/h3-11,13-18,23,34H,12,19-22H2,1-2H3,(H,39,40)/b24-23+. The van der Waals surface area contributed by atoms with E-state index in [1.54, 1.807) is 6.20 Å². The summed E-state index contributed by atoms with van der Waals surface area (Å²) in [6.07, 6.45) is 3.40. The number of aromatic carboxylic acids is 1. The molecule has 0 radical (unpaired) electrons. The third kappa shape index (κ3) is 5.20. The number of carboxylic acid groups (broad SMARTS) is 1. The summed E-state index contributed by atoms with van der Waals surface area (Å²) in [5.41, 5.74) is 4.29. The quantitative estimate of drug-likeness (QED) is 0.167. The summed E-state index contributed by atoms with van der Waals surface area (Å²) < 4.78 is 1.50. The fraction of sp³-hybridized carbons (Fsp3) is 0.242. The number of nitrogens with one attached hydrogen (secondary N) is 1. The zero-order chi connectivity index (χ0) is 28.1. The summed E-state index contributed by atoms with van der Waals surface area (Å²) >= 11 is 0.